The molecule has 0 saturated carbocycles. The highest BCUT2D eigenvalue weighted by atomic mass is 16.8. The van der Waals surface area contributed by atoms with Crippen molar-refractivity contribution >= 4 is 5.91 Å². The summed E-state index contributed by atoms with van der Waals surface area (Å²) in [5, 5.41) is 30.7. The highest BCUT2D eigenvalue weighted by Crippen LogP contribution is 2.21. The van der Waals surface area contributed by atoms with Crippen LogP contribution in [-0.2, 0) is 14.3 Å². The van der Waals surface area contributed by atoms with Crippen molar-refractivity contribution < 1.29 is 29.6 Å². The molecule has 94 valence electrons. The third-order valence-electron chi connectivity index (χ3n) is 2.48. The fraction of sp³-hybridized carbons (Fsp3) is 0.889. The Balaban J connectivity index is 2.77. The first-order valence-electron chi connectivity index (χ1n) is 4.93. The number of hydrogen-bond donors (Lipinski definition) is 4. The smallest absolute Gasteiger partial charge is 0.217 e. The lowest BCUT2D eigenvalue weighted by atomic mass is 10.0. The molecule has 0 radical (unpaired) electrons. The molecule has 1 aliphatic rings. The van der Waals surface area contributed by atoms with Gasteiger partial charge in [0.25, 0.3) is 0 Å². The Bertz CT molecular complexity index is 246. The van der Waals surface area contributed by atoms with E-state index in [0.29, 0.717) is 0 Å². The van der Waals surface area contributed by atoms with Gasteiger partial charge in [-0.25, -0.2) is 0 Å². The van der Waals surface area contributed by atoms with Gasteiger partial charge in [-0.2, -0.15) is 0 Å². The summed E-state index contributed by atoms with van der Waals surface area (Å²) in [7, 11) is 1.35. The van der Waals surface area contributed by atoms with E-state index in [1.54, 1.807) is 0 Å². The van der Waals surface area contributed by atoms with Crippen LogP contribution in [0, 0.1) is 0 Å². The summed E-state index contributed by atoms with van der Waals surface area (Å²) >= 11 is 0. The van der Waals surface area contributed by atoms with Crippen LogP contribution in [-0.4, -0.2) is 65.6 Å². The maximum absolute atomic E-state index is 10.9. The molecule has 0 unspecified atom stereocenters. The minimum atomic E-state index is -1.27. The van der Waals surface area contributed by atoms with Gasteiger partial charge in [-0.15, -0.1) is 0 Å². The Labute approximate surface area is 93.0 Å². The number of carbonyl (C=O) groups is 1. The maximum Gasteiger partial charge on any atom is 0.217 e. The Kier molecular flexibility index (Phi) is 4.63. The standard InChI is InChI=1S/C9H17NO6/c1-4(12)10-6-8(14)7(13)5(3-11)16-9(6)15-2/h5-9,11,13-14H,3H2,1-2H3,(H,10,12)/t5-,6-,7+,8-,9+/m1/s1/i1+1,4+1,9+1,10+1. The minimum absolute atomic E-state index is 0.371. The van der Waals surface area contributed by atoms with Crippen molar-refractivity contribution in [1.82, 2.24) is 5.32 Å². The van der Waals surface area contributed by atoms with Gasteiger partial charge in [-0.3, -0.25) is 4.79 Å². The van der Waals surface area contributed by atoms with Crippen LogP contribution in [0.25, 0.3) is 0 Å². The van der Waals surface area contributed by atoms with Crippen LogP contribution in [0.5, 0.6) is 0 Å². The molecule has 0 aliphatic carbocycles. The van der Waals surface area contributed by atoms with Gasteiger partial charge in [0.2, 0.25) is 5.91 Å². The van der Waals surface area contributed by atoms with Crippen molar-refractivity contribution in [2.45, 2.75) is 37.6 Å². The van der Waals surface area contributed by atoms with Crippen molar-refractivity contribution in [1.29, 1.82) is 0 Å². The van der Waals surface area contributed by atoms with E-state index in [4.69, 9.17) is 14.6 Å². The number of aliphatic hydroxyl groups excluding tert-OH is 3. The summed E-state index contributed by atoms with van der Waals surface area (Å²) in [6.07, 6.45) is -4.35. The number of hydrogen-bond acceptors (Lipinski definition) is 6. The molecule has 7 heteroatoms. The lowest BCUT2D eigenvalue weighted by molar-refractivity contribution is -0.262. The molecule has 16 heavy (non-hydrogen) atoms. The third-order valence-corrected chi connectivity index (χ3v) is 2.48. The lowest BCUT2D eigenvalue weighted by Crippen LogP contribution is -2.64. The summed E-state index contributed by atoms with van der Waals surface area (Å²) in [6, 6.07) is -0.861. The van der Waals surface area contributed by atoms with Crippen LogP contribution < -0.4 is 5.32 Å². The van der Waals surface area contributed by atoms with Crippen molar-refractivity contribution in [2.24, 2.45) is 0 Å². The topological polar surface area (TPSA) is 108 Å². The zero-order valence-electron chi connectivity index (χ0n) is 9.16. The lowest BCUT2D eigenvalue weighted by Gasteiger charge is -2.41. The van der Waals surface area contributed by atoms with E-state index in [9.17, 15) is 15.0 Å². The molecule has 0 bridgehead atoms. The number of rotatable bonds is 3. The van der Waals surface area contributed by atoms with Gasteiger partial charge in [0.05, 0.1) is 6.61 Å². The van der Waals surface area contributed by atoms with Crippen molar-refractivity contribution in [3.05, 3.63) is 0 Å². The number of nitrogens with one attached hydrogen (secondary N) is 1. The Morgan fingerprint density at radius 2 is 2.06 bits per heavy atom. The summed E-state index contributed by atoms with van der Waals surface area (Å²) < 4.78 is 10.1. The second kappa shape index (κ2) is 5.55. The Hall–Kier alpha value is -0.730. The molecule has 5 atom stereocenters. The fourth-order valence-corrected chi connectivity index (χ4v) is 1.67. The largest absolute Gasteiger partial charge is 0.394 e. The quantitative estimate of drug-likeness (QED) is 0.322. The third kappa shape index (κ3) is 2.69. The average Bonchev–Trinajstić information content (AvgIpc) is 2.25. The van der Waals surface area contributed by atoms with Crippen LogP contribution in [0.3, 0.4) is 0 Å². The molecule has 1 saturated heterocycles. The highest BCUT2D eigenvalue weighted by Gasteiger charge is 2.44. The Morgan fingerprint density at radius 1 is 1.44 bits per heavy atom. The van der Waals surface area contributed by atoms with Gasteiger partial charge >= 0.3 is 0 Å². The summed E-state index contributed by atoms with van der Waals surface area (Å²) in [6.45, 7) is 0.842. The van der Waals surface area contributed by atoms with E-state index in [0.717, 1.165) is 0 Å². The van der Waals surface area contributed by atoms with E-state index in [-0.39, 0.29) is 5.91 Å². The summed E-state index contributed by atoms with van der Waals surface area (Å²) in [5.41, 5.74) is 0. The first kappa shape index (κ1) is 13.3. The molecule has 1 amide bonds. The molecule has 1 fully saturated rings. The molecule has 0 aromatic heterocycles. The second-order valence-electron chi connectivity index (χ2n) is 3.67. The van der Waals surface area contributed by atoms with Gasteiger partial charge in [0.15, 0.2) is 6.29 Å². The van der Waals surface area contributed by atoms with E-state index in [1.165, 1.54) is 14.0 Å². The fourth-order valence-electron chi connectivity index (χ4n) is 1.67. The van der Waals surface area contributed by atoms with Gasteiger partial charge in [-0.05, 0) is 0 Å². The molecule has 1 heterocycles. The molecule has 0 aromatic carbocycles. The molecule has 1 rings (SSSR count). The normalized spacial score (nSPS) is 39.4. The van der Waals surface area contributed by atoms with Crippen molar-refractivity contribution in [3.8, 4) is 0 Å². The molecule has 4 N–H and O–H groups in total. The summed E-state index contributed by atoms with van der Waals surface area (Å²) in [4.78, 5) is 10.9. The first-order chi connectivity index (χ1) is 7.51. The van der Waals surface area contributed by atoms with E-state index in [2.05, 4.69) is 5.32 Å². The van der Waals surface area contributed by atoms with Crippen LogP contribution >= 0.6 is 0 Å². The number of aliphatic hydroxyl groups is 3. The molecular formula is C9H17NO6. The number of amides is 1. The predicted octanol–water partition coefficient (Wildman–Crippen LogP) is -2.42. The molecule has 7 nitrogen and oxygen atoms in total. The molecule has 0 aromatic rings. The predicted molar refractivity (Wildman–Crippen MR) is 52.4 cm³/mol. The number of carbonyl (C=O) groups excluding carboxylic acids is 1. The Morgan fingerprint density at radius 3 is 2.50 bits per heavy atom. The van der Waals surface area contributed by atoms with Gasteiger partial charge < -0.3 is 30.1 Å². The van der Waals surface area contributed by atoms with E-state index in [1.807, 2.05) is 0 Å². The highest BCUT2D eigenvalue weighted by molar-refractivity contribution is 5.73. The SMILES string of the molecule is CO[13C@H]1O[C@H](CO)[C@H](O)[C@H](O)[C@H]1[15NH][13C]([13CH3])=O. The van der Waals surface area contributed by atoms with E-state index >= 15 is 0 Å². The zero-order valence-corrected chi connectivity index (χ0v) is 9.16. The van der Waals surface area contributed by atoms with Gasteiger partial charge in [0.1, 0.15) is 24.4 Å². The minimum Gasteiger partial charge on any atom is -0.394 e. The molecular weight excluding hydrogens is 222 g/mol. The van der Waals surface area contributed by atoms with E-state index < -0.39 is 37.3 Å². The molecule has 1 aliphatic heterocycles. The first-order valence-corrected chi connectivity index (χ1v) is 4.93. The van der Waals surface area contributed by atoms with Gasteiger partial charge in [-0.1, -0.05) is 0 Å². The number of ether oxygens (including phenoxy) is 2. The van der Waals surface area contributed by atoms with Crippen molar-refractivity contribution in [3.63, 3.8) is 0 Å². The summed E-state index contributed by atoms with van der Waals surface area (Å²) in [5.74, 6) is -0.371. The van der Waals surface area contributed by atoms with Crippen LogP contribution in [0.15, 0.2) is 0 Å². The van der Waals surface area contributed by atoms with Gasteiger partial charge in [0, 0.05) is 14.0 Å². The van der Waals surface area contributed by atoms with Crippen LogP contribution in [0.1, 0.15) is 6.92 Å². The maximum atomic E-state index is 10.9. The van der Waals surface area contributed by atoms with Crippen LogP contribution in [0.2, 0.25) is 0 Å². The second-order valence-corrected chi connectivity index (χ2v) is 3.67. The molecule has 0 spiro atoms. The van der Waals surface area contributed by atoms with Crippen molar-refractivity contribution in [2.75, 3.05) is 13.7 Å². The average molecular weight is 239 g/mol. The van der Waals surface area contributed by atoms with Crippen LogP contribution in [0.4, 0.5) is 0 Å². The number of methoxy groups -OCH3 is 1. The monoisotopic (exact) mass is 239 g/mol. The zero-order chi connectivity index (χ0) is 12.3.